The van der Waals surface area contributed by atoms with Gasteiger partial charge in [-0.1, -0.05) is 32.0 Å². The van der Waals surface area contributed by atoms with Crippen molar-refractivity contribution in [2.75, 3.05) is 5.32 Å². The third kappa shape index (κ3) is 5.28. The Morgan fingerprint density at radius 1 is 1.03 bits per heavy atom. The number of pyridine rings is 1. The van der Waals surface area contributed by atoms with Crippen LogP contribution in [-0.4, -0.2) is 23.0 Å². The van der Waals surface area contributed by atoms with Crippen molar-refractivity contribution in [3.05, 3.63) is 72.2 Å². The molecule has 0 bridgehead atoms. The molecule has 3 amide bonds. The summed E-state index contributed by atoms with van der Waals surface area (Å²) >= 11 is 0. The summed E-state index contributed by atoms with van der Waals surface area (Å²) < 4.78 is 13.0. The maximum absolute atomic E-state index is 13.0. The second-order valence-electron chi connectivity index (χ2n) is 7.04. The first-order valence-corrected chi connectivity index (χ1v) is 9.37. The van der Waals surface area contributed by atoms with Crippen LogP contribution in [0.3, 0.4) is 0 Å². The van der Waals surface area contributed by atoms with Gasteiger partial charge in [-0.15, -0.1) is 0 Å². The van der Waals surface area contributed by atoms with Gasteiger partial charge in [-0.2, -0.15) is 0 Å². The zero-order chi connectivity index (χ0) is 20.8. The van der Waals surface area contributed by atoms with E-state index in [2.05, 4.69) is 20.9 Å². The molecule has 7 heteroatoms. The number of nitrogens with zero attached hydrogens (tertiary/aromatic N) is 1. The van der Waals surface area contributed by atoms with Gasteiger partial charge in [0, 0.05) is 18.1 Å². The van der Waals surface area contributed by atoms with E-state index in [4.69, 9.17) is 0 Å². The van der Waals surface area contributed by atoms with Crippen LogP contribution in [0.15, 0.2) is 60.8 Å². The number of hydrogen-bond donors (Lipinski definition) is 3. The van der Waals surface area contributed by atoms with Crippen LogP contribution in [0.1, 0.15) is 19.4 Å². The lowest BCUT2D eigenvalue weighted by molar-refractivity contribution is -0.118. The van der Waals surface area contributed by atoms with Gasteiger partial charge in [-0.3, -0.25) is 9.78 Å². The lowest BCUT2D eigenvalue weighted by Crippen LogP contribution is -2.50. The highest BCUT2D eigenvalue weighted by molar-refractivity contribution is 6.03. The van der Waals surface area contributed by atoms with Crippen LogP contribution in [0.5, 0.6) is 0 Å². The number of carbonyl (C=O) groups excluding carboxylic acids is 2. The van der Waals surface area contributed by atoms with Gasteiger partial charge in [0.25, 0.3) is 0 Å². The van der Waals surface area contributed by atoms with Crippen LogP contribution in [-0.2, 0) is 11.3 Å². The maximum atomic E-state index is 13.0. The van der Waals surface area contributed by atoms with E-state index in [1.54, 1.807) is 30.5 Å². The van der Waals surface area contributed by atoms with E-state index in [1.807, 2.05) is 32.0 Å². The van der Waals surface area contributed by atoms with Crippen molar-refractivity contribution in [3.63, 3.8) is 0 Å². The van der Waals surface area contributed by atoms with Crippen molar-refractivity contribution in [2.24, 2.45) is 5.92 Å². The van der Waals surface area contributed by atoms with Crippen LogP contribution in [0, 0.1) is 11.7 Å². The molecule has 0 aliphatic heterocycles. The minimum Gasteiger partial charge on any atom is -0.334 e. The molecule has 0 aliphatic rings. The Morgan fingerprint density at radius 2 is 1.79 bits per heavy atom. The summed E-state index contributed by atoms with van der Waals surface area (Å²) in [6, 6.07) is 13.8. The average molecular weight is 394 g/mol. The molecule has 29 heavy (non-hydrogen) atoms. The Kier molecular flexibility index (Phi) is 6.39. The van der Waals surface area contributed by atoms with Crippen LogP contribution in [0.25, 0.3) is 10.9 Å². The molecule has 0 fully saturated rings. The third-order valence-corrected chi connectivity index (χ3v) is 4.51. The normalized spacial score (nSPS) is 11.9. The van der Waals surface area contributed by atoms with E-state index in [9.17, 15) is 14.0 Å². The summed E-state index contributed by atoms with van der Waals surface area (Å²) in [7, 11) is 0. The second kappa shape index (κ2) is 9.14. The number of urea groups is 1. The Labute approximate surface area is 168 Å². The molecule has 3 rings (SSSR count). The van der Waals surface area contributed by atoms with Gasteiger partial charge in [0.2, 0.25) is 5.91 Å². The molecule has 0 spiro atoms. The van der Waals surface area contributed by atoms with Gasteiger partial charge in [0.05, 0.1) is 11.2 Å². The molecule has 1 atom stereocenters. The van der Waals surface area contributed by atoms with Crippen LogP contribution in [0.2, 0.25) is 0 Å². The largest absolute Gasteiger partial charge is 0.334 e. The predicted octanol–water partition coefficient (Wildman–Crippen LogP) is 3.84. The van der Waals surface area contributed by atoms with E-state index in [1.165, 1.54) is 12.1 Å². The first-order chi connectivity index (χ1) is 13.9. The summed E-state index contributed by atoms with van der Waals surface area (Å²) in [6.45, 7) is 3.94. The molecule has 2 aromatic carbocycles. The number of benzene rings is 2. The quantitative estimate of drug-likeness (QED) is 0.594. The van der Waals surface area contributed by atoms with Gasteiger partial charge in [-0.05, 0) is 47.9 Å². The fraction of sp³-hybridized carbons (Fsp3) is 0.227. The molecule has 3 aromatic rings. The van der Waals surface area contributed by atoms with E-state index in [0.717, 1.165) is 16.5 Å². The first-order valence-electron chi connectivity index (χ1n) is 9.37. The molecule has 0 saturated heterocycles. The summed E-state index contributed by atoms with van der Waals surface area (Å²) in [6.07, 6.45) is 1.69. The van der Waals surface area contributed by atoms with Gasteiger partial charge in [0.15, 0.2) is 0 Å². The number of fused-ring (bicyclic) bond motifs is 1. The van der Waals surface area contributed by atoms with Gasteiger partial charge in [0.1, 0.15) is 11.9 Å². The summed E-state index contributed by atoms with van der Waals surface area (Å²) in [4.78, 5) is 29.4. The standard InChI is InChI=1S/C22H23FN4O2/c1-14(2)20(27-22(29)25-13-15-8-10-16(23)11-9-15)21(28)26-19-7-3-6-18-17(19)5-4-12-24-18/h3-12,14,20H,13H2,1-2H3,(H,26,28)(H2,25,27,29). The molecule has 1 heterocycles. The fourth-order valence-corrected chi connectivity index (χ4v) is 2.93. The second-order valence-corrected chi connectivity index (χ2v) is 7.04. The number of amides is 3. The van der Waals surface area contributed by atoms with Crippen LogP contribution < -0.4 is 16.0 Å². The molecule has 6 nitrogen and oxygen atoms in total. The topological polar surface area (TPSA) is 83.1 Å². The smallest absolute Gasteiger partial charge is 0.315 e. The van der Waals surface area contributed by atoms with Crippen molar-refractivity contribution in [2.45, 2.75) is 26.4 Å². The number of halogens is 1. The monoisotopic (exact) mass is 394 g/mol. The zero-order valence-corrected chi connectivity index (χ0v) is 16.3. The van der Waals surface area contributed by atoms with E-state index >= 15 is 0 Å². The molecular weight excluding hydrogens is 371 g/mol. The Balaban J connectivity index is 1.64. The summed E-state index contributed by atoms with van der Waals surface area (Å²) in [5.41, 5.74) is 2.17. The first kappa shape index (κ1) is 20.3. The van der Waals surface area contributed by atoms with Gasteiger partial charge in [-0.25, -0.2) is 9.18 Å². The Bertz CT molecular complexity index is 1000. The van der Waals surface area contributed by atoms with E-state index < -0.39 is 12.1 Å². The fourth-order valence-electron chi connectivity index (χ4n) is 2.93. The molecule has 0 radical (unpaired) electrons. The van der Waals surface area contributed by atoms with Crippen molar-refractivity contribution < 1.29 is 14.0 Å². The SMILES string of the molecule is CC(C)C(NC(=O)NCc1ccc(F)cc1)C(=O)Nc1cccc2ncccc12. The van der Waals surface area contributed by atoms with Gasteiger partial charge < -0.3 is 16.0 Å². The summed E-state index contributed by atoms with van der Waals surface area (Å²) in [5, 5.41) is 9.12. The summed E-state index contributed by atoms with van der Waals surface area (Å²) in [5.74, 6) is -0.772. The van der Waals surface area contributed by atoms with Crippen molar-refractivity contribution in [1.29, 1.82) is 0 Å². The number of rotatable bonds is 6. The van der Waals surface area contributed by atoms with E-state index in [-0.39, 0.29) is 24.2 Å². The van der Waals surface area contributed by atoms with Crippen LogP contribution >= 0.6 is 0 Å². The van der Waals surface area contributed by atoms with E-state index in [0.29, 0.717) is 5.69 Å². The van der Waals surface area contributed by atoms with Crippen molar-refractivity contribution >= 4 is 28.5 Å². The number of hydrogen-bond acceptors (Lipinski definition) is 3. The average Bonchev–Trinajstić information content (AvgIpc) is 2.71. The minimum absolute atomic E-state index is 0.125. The lowest BCUT2D eigenvalue weighted by Gasteiger charge is -2.22. The number of nitrogens with one attached hydrogen (secondary N) is 3. The number of aromatic nitrogens is 1. The molecule has 3 N–H and O–H groups in total. The van der Waals surface area contributed by atoms with Crippen LogP contribution in [0.4, 0.5) is 14.9 Å². The van der Waals surface area contributed by atoms with Crippen molar-refractivity contribution in [1.82, 2.24) is 15.6 Å². The molecule has 1 unspecified atom stereocenters. The number of carbonyl (C=O) groups is 2. The number of anilines is 1. The van der Waals surface area contributed by atoms with Crippen molar-refractivity contribution in [3.8, 4) is 0 Å². The molecule has 0 saturated carbocycles. The third-order valence-electron chi connectivity index (χ3n) is 4.51. The highest BCUT2D eigenvalue weighted by Gasteiger charge is 2.24. The highest BCUT2D eigenvalue weighted by Crippen LogP contribution is 2.21. The molecule has 1 aromatic heterocycles. The molecule has 0 aliphatic carbocycles. The molecular formula is C22H23FN4O2. The highest BCUT2D eigenvalue weighted by atomic mass is 19.1. The Morgan fingerprint density at radius 3 is 2.52 bits per heavy atom. The predicted molar refractivity (Wildman–Crippen MR) is 111 cm³/mol. The molecule has 150 valence electrons. The zero-order valence-electron chi connectivity index (χ0n) is 16.3. The maximum Gasteiger partial charge on any atom is 0.315 e. The van der Waals surface area contributed by atoms with Gasteiger partial charge >= 0.3 is 6.03 Å². The lowest BCUT2D eigenvalue weighted by atomic mass is 10.0. The Hall–Kier alpha value is -3.48. The minimum atomic E-state index is -0.727.